The molecule has 0 atom stereocenters. The highest BCUT2D eigenvalue weighted by Gasteiger charge is 2.28. The largest absolute Gasteiger partial charge is 0.478 e. The Morgan fingerprint density at radius 1 is 1.04 bits per heavy atom. The molecule has 0 aromatic heterocycles. The molecule has 0 bridgehead atoms. The predicted octanol–water partition coefficient (Wildman–Crippen LogP) is 0.695. The van der Waals surface area contributed by atoms with Gasteiger partial charge < -0.3 is 21.1 Å². The van der Waals surface area contributed by atoms with Gasteiger partial charge in [0.05, 0.1) is 36.4 Å². The van der Waals surface area contributed by atoms with Gasteiger partial charge in [-0.2, -0.15) is 0 Å². The summed E-state index contributed by atoms with van der Waals surface area (Å²) in [7, 11) is 1.41. The van der Waals surface area contributed by atoms with E-state index in [1.54, 1.807) is 0 Å². The number of hydrogen-bond acceptors (Lipinski definition) is 6. The number of nitrogens with two attached hydrogens (primary N) is 1. The minimum atomic E-state index is -1.33. The van der Waals surface area contributed by atoms with Crippen LogP contribution in [0, 0.1) is 0 Å². The molecule has 26 heavy (non-hydrogen) atoms. The molecule has 9 nitrogen and oxygen atoms in total. The van der Waals surface area contributed by atoms with Crippen molar-refractivity contribution in [1.82, 2.24) is 5.06 Å². The number of hydroxylamine groups is 2. The van der Waals surface area contributed by atoms with Crippen LogP contribution in [0.5, 0.6) is 0 Å². The maximum atomic E-state index is 12.1. The number of nitrogens with zero attached hydrogens (tertiary/aromatic N) is 1. The summed E-state index contributed by atoms with van der Waals surface area (Å²) in [4.78, 5) is 40.0. The molecule has 2 aliphatic carbocycles. The van der Waals surface area contributed by atoms with E-state index in [4.69, 9.17) is 15.7 Å². The van der Waals surface area contributed by atoms with E-state index in [0.29, 0.717) is 5.56 Å². The quantitative estimate of drug-likeness (QED) is 0.525. The smallest absolute Gasteiger partial charge is 0.338 e. The number of carboxylic acid groups (broad SMARTS) is 2. The Morgan fingerprint density at radius 3 is 1.96 bits per heavy atom. The molecule has 0 radical (unpaired) electrons. The van der Waals surface area contributed by atoms with Crippen LogP contribution in [0.2, 0.25) is 0 Å². The Kier molecular flexibility index (Phi) is 5.75. The van der Waals surface area contributed by atoms with Crippen molar-refractivity contribution in [2.24, 2.45) is 0 Å². The second-order valence-electron chi connectivity index (χ2n) is 5.47. The summed E-state index contributed by atoms with van der Waals surface area (Å²) < 4.78 is 0. The lowest BCUT2D eigenvalue weighted by Crippen LogP contribution is -2.29. The highest BCUT2D eigenvalue weighted by atomic mass is 16.7. The van der Waals surface area contributed by atoms with Gasteiger partial charge in [0, 0.05) is 7.05 Å². The molecule has 0 unspecified atom stereocenters. The predicted molar refractivity (Wildman–Crippen MR) is 90.9 cm³/mol. The molecule has 0 saturated carbocycles. The molecule has 5 N–H and O–H groups in total. The van der Waals surface area contributed by atoms with Gasteiger partial charge in [-0.25, -0.2) is 14.7 Å². The molecular weight excluding hydrogens is 344 g/mol. The first-order chi connectivity index (χ1) is 12.3. The lowest BCUT2D eigenvalue weighted by molar-refractivity contribution is -0.180. The molecule has 0 spiro atoms. The Bertz CT molecular complexity index is 783. The van der Waals surface area contributed by atoms with E-state index in [1.807, 2.05) is 0 Å². The van der Waals surface area contributed by atoms with E-state index in [9.17, 15) is 24.6 Å². The minimum absolute atomic E-state index is 0.0257. The number of aliphatic hydroxyl groups is 1. The molecule has 138 valence electrons. The number of fused-ring (bicyclic) bond motifs is 1. The normalized spacial score (nSPS) is 10.7. The van der Waals surface area contributed by atoms with Crippen molar-refractivity contribution < 1.29 is 34.5 Å². The van der Waals surface area contributed by atoms with Crippen molar-refractivity contribution in [3.05, 3.63) is 41.0 Å². The highest BCUT2D eigenvalue weighted by molar-refractivity contribution is 6.14. The van der Waals surface area contributed by atoms with Crippen molar-refractivity contribution >= 4 is 23.5 Å². The zero-order valence-electron chi connectivity index (χ0n) is 13.9. The monoisotopic (exact) mass is 362 g/mol. The Hall–Kier alpha value is -3.17. The van der Waals surface area contributed by atoms with Gasteiger partial charge in [-0.05, 0) is 16.7 Å². The third-order valence-corrected chi connectivity index (χ3v) is 3.81. The third kappa shape index (κ3) is 3.73. The van der Waals surface area contributed by atoms with Crippen molar-refractivity contribution in [2.75, 3.05) is 26.0 Å². The topological polar surface area (TPSA) is 150 Å². The number of aromatic carboxylic acids is 2. The zero-order valence-corrected chi connectivity index (χ0v) is 13.9. The van der Waals surface area contributed by atoms with E-state index in [-0.39, 0.29) is 53.5 Å². The number of aliphatic hydroxyl groups excluding tert-OH is 1. The molecule has 1 amide bonds. The number of nitrogen functional groups attached to an aromatic ring is 1. The van der Waals surface area contributed by atoms with Crippen LogP contribution in [0.15, 0.2) is 24.3 Å². The average Bonchev–Trinajstić information content (AvgIpc) is 2.72. The summed E-state index contributed by atoms with van der Waals surface area (Å²) >= 11 is 0. The summed E-state index contributed by atoms with van der Waals surface area (Å²) in [6, 6.07) is 5.91. The fourth-order valence-corrected chi connectivity index (χ4v) is 2.58. The summed E-state index contributed by atoms with van der Waals surface area (Å²) in [5.74, 6) is -3.05. The molecule has 2 rings (SSSR count). The second kappa shape index (κ2) is 7.81. The highest BCUT2D eigenvalue weighted by Crippen LogP contribution is 2.38. The number of carbonyl (C=O) groups is 3. The first kappa shape index (κ1) is 19.2. The Labute approximate surface area is 148 Å². The van der Waals surface area contributed by atoms with Crippen LogP contribution in [-0.4, -0.2) is 58.5 Å². The first-order valence-electron chi connectivity index (χ1n) is 7.59. The van der Waals surface area contributed by atoms with Crippen molar-refractivity contribution in [1.29, 1.82) is 0 Å². The van der Waals surface area contributed by atoms with Crippen molar-refractivity contribution in [3.63, 3.8) is 0 Å². The van der Waals surface area contributed by atoms with E-state index in [1.165, 1.54) is 31.3 Å². The molecule has 0 saturated heterocycles. The fourth-order valence-electron chi connectivity index (χ4n) is 2.58. The molecule has 0 aromatic rings. The van der Waals surface area contributed by atoms with Gasteiger partial charge >= 0.3 is 11.9 Å². The molecular formula is C17H18N2O7. The molecule has 0 heterocycles. The van der Waals surface area contributed by atoms with Crippen molar-refractivity contribution in [2.45, 2.75) is 6.42 Å². The van der Waals surface area contributed by atoms with Gasteiger partial charge in [0.1, 0.15) is 0 Å². The maximum absolute atomic E-state index is 12.1. The van der Waals surface area contributed by atoms with Crippen LogP contribution in [0.4, 0.5) is 5.69 Å². The van der Waals surface area contributed by atoms with E-state index in [2.05, 4.69) is 0 Å². The number of carbonyl (C=O) groups excluding carboxylic acids is 1. The Balaban J connectivity index is 2.43. The van der Waals surface area contributed by atoms with Gasteiger partial charge in [0.2, 0.25) is 5.91 Å². The van der Waals surface area contributed by atoms with Gasteiger partial charge in [0.25, 0.3) is 0 Å². The minimum Gasteiger partial charge on any atom is -0.478 e. The van der Waals surface area contributed by atoms with Crippen LogP contribution < -0.4 is 5.73 Å². The zero-order chi connectivity index (χ0) is 19.4. The number of anilines is 1. The summed E-state index contributed by atoms with van der Waals surface area (Å²) in [6.07, 6.45) is -0.0561. The molecule has 9 heteroatoms. The van der Waals surface area contributed by atoms with Crippen LogP contribution in [0.3, 0.4) is 0 Å². The average molecular weight is 362 g/mol. The molecule has 0 aliphatic heterocycles. The lowest BCUT2D eigenvalue weighted by atomic mass is 10.1. The summed E-state index contributed by atoms with van der Waals surface area (Å²) in [5, 5.41) is 28.4. The van der Waals surface area contributed by atoms with E-state index < -0.39 is 11.9 Å². The van der Waals surface area contributed by atoms with Crippen molar-refractivity contribution in [3.8, 4) is 11.1 Å². The fraction of sp³-hybridized carbons (Fsp3) is 0.235. The molecule has 2 aliphatic rings. The maximum Gasteiger partial charge on any atom is 0.338 e. The summed E-state index contributed by atoms with van der Waals surface area (Å²) in [6.45, 7) is -0.258. The lowest BCUT2D eigenvalue weighted by Gasteiger charge is -2.15. The number of hydrogen-bond donors (Lipinski definition) is 4. The number of rotatable bonds is 7. The standard InChI is InChI=1S/C17H18N2O7/c1-19(26-7-6-20)12(21)8-9-2-4-10-11(5-3-9)14(17(24)25)15(18)13(10)16(22)23/h2-5,20H,6-8,18H2,1H3,(H,22,23)(H,24,25). The van der Waals surface area contributed by atoms with Gasteiger partial charge in [0.15, 0.2) is 0 Å². The van der Waals surface area contributed by atoms with Crippen LogP contribution in [0.1, 0.15) is 26.3 Å². The molecule has 0 aromatic carbocycles. The number of amides is 1. The third-order valence-electron chi connectivity index (χ3n) is 3.81. The van der Waals surface area contributed by atoms with Crippen LogP contribution in [-0.2, 0) is 16.1 Å². The second-order valence-corrected chi connectivity index (χ2v) is 5.47. The molecule has 0 fully saturated rings. The van der Waals surface area contributed by atoms with E-state index >= 15 is 0 Å². The van der Waals surface area contributed by atoms with E-state index in [0.717, 1.165) is 5.06 Å². The first-order valence-corrected chi connectivity index (χ1v) is 7.59. The van der Waals surface area contributed by atoms with Gasteiger partial charge in [-0.15, -0.1) is 0 Å². The number of likely N-dealkylation sites (N-methyl/N-ethyl adjacent to an activating group) is 1. The van der Waals surface area contributed by atoms with Gasteiger partial charge in [-0.1, -0.05) is 24.3 Å². The number of carboxylic acids is 2. The Morgan fingerprint density at radius 2 is 1.54 bits per heavy atom. The SMILES string of the molecule is CN(OCCO)C(=O)Cc1ccc2c(C(=O)O)c(N)c(C(=O)O)c-2cc1. The van der Waals surface area contributed by atoms with Gasteiger partial charge in [-0.3, -0.25) is 9.63 Å². The van der Waals surface area contributed by atoms with Crippen LogP contribution >= 0.6 is 0 Å². The van der Waals surface area contributed by atoms with Crippen LogP contribution in [0.25, 0.3) is 11.1 Å². The summed E-state index contributed by atoms with van der Waals surface area (Å²) in [5.41, 5.74) is 5.71.